The van der Waals surface area contributed by atoms with Crippen LogP contribution in [0, 0.1) is 12.3 Å². The zero-order chi connectivity index (χ0) is 35.4. The average molecular weight is 663 g/mol. The number of nitrogens with zero attached hydrogens (tertiary/aromatic N) is 1. The Morgan fingerprint density at radius 3 is 2.50 bits per heavy atom. The molecular formula is C37H46N2O9. The van der Waals surface area contributed by atoms with E-state index in [9.17, 15) is 28.8 Å². The average Bonchev–Trinajstić information content (AvgIpc) is 3.07. The van der Waals surface area contributed by atoms with Crippen LogP contribution in [0.25, 0.3) is 0 Å². The molecule has 2 atom stereocenters. The number of carbonyl (C=O) groups excluding carboxylic acids is 6. The summed E-state index contributed by atoms with van der Waals surface area (Å²) in [5.74, 6) is -2.64. The van der Waals surface area contributed by atoms with Gasteiger partial charge in [-0.1, -0.05) is 30.8 Å². The number of hydrogen-bond donors (Lipinski definition) is 1. The zero-order valence-electron chi connectivity index (χ0n) is 28.5. The first kappa shape index (κ1) is 37.7. The Morgan fingerprint density at radius 1 is 1.06 bits per heavy atom. The second kappa shape index (κ2) is 17.4. The van der Waals surface area contributed by atoms with Crippen LogP contribution in [0.1, 0.15) is 82.1 Å². The van der Waals surface area contributed by atoms with Gasteiger partial charge in [0.1, 0.15) is 30.3 Å². The van der Waals surface area contributed by atoms with Gasteiger partial charge in [-0.25, -0.2) is 9.59 Å². The van der Waals surface area contributed by atoms with Gasteiger partial charge in [0, 0.05) is 31.1 Å². The predicted octanol–water partition coefficient (Wildman–Crippen LogP) is 5.23. The van der Waals surface area contributed by atoms with Crippen LogP contribution in [-0.4, -0.2) is 66.5 Å². The van der Waals surface area contributed by atoms with Crippen LogP contribution in [-0.2, 0) is 44.7 Å². The van der Waals surface area contributed by atoms with Gasteiger partial charge in [-0.3, -0.25) is 14.4 Å². The Balaban J connectivity index is 1.85. The minimum absolute atomic E-state index is 0.0466. The molecule has 0 radical (unpaired) electrons. The molecule has 2 aromatic rings. The smallest absolute Gasteiger partial charge is 0.330 e. The highest BCUT2D eigenvalue weighted by atomic mass is 16.5. The number of methoxy groups -OCH3 is 1. The maximum atomic E-state index is 13.9. The Bertz CT molecular complexity index is 1530. The molecule has 0 aliphatic carbocycles. The first-order valence-electron chi connectivity index (χ1n) is 16.1. The molecule has 0 bridgehead atoms. The van der Waals surface area contributed by atoms with Crippen molar-refractivity contribution in [1.29, 1.82) is 0 Å². The van der Waals surface area contributed by atoms with Gasteiger partial charge in [0.25, 0.3) is 5.91 Å². The number of rotatable bonds is 16. The van der Waals surface area contributed by atoms with Gasteiger partial charge in [-0.05, 0) is 94.7 Å². The van der Waals surface area contributed by atoms with Crippen molar-refractivity contribution in [2.75, 3.05) is 25.6 Å². The Labute approximate surface area is 282 Å². The number of ketones is 2. The van der Waals surface area contributed by atoms with E-state index in [-0.39, 0.29) is 37.7 Å². The largest absolute Gasteiger partial charge is 0.496 e. The van der Waals surface area contributed by atoms with Crippen molar-refractivity contribution in [2.24, 2.45) is 5.41 Å². The molecule has 1 aliphatic rings. The SMILES string of the molecule is C=CC(=O)OCC(C)(C)C(=O)C(=O)N1CCCC[C@H]1C(=O)O[C@H](CCc1ccc(C)c(OC)c1)c1cccc(NC(=O)CCC(C)=O)c1. The van der Waals surface area contributed by atoms with E-state index in [1.807, 2.05) is 25.1 Å². The van der Waals surface area contributed by atoms with Crippen molar-refractivity contribution in [3.8, 4) is 5.75 Å². The molecule has 11 heteroatoms. The first-order valence-corrected chi connectivity index (χ1v) is 16.1. The molecule has 3 rings (SSSR count). The minimum atomic E-state index is -1.32. The molecular weight excluding hydrogens is 616 g/mol. The lowest BCUT2D eigenvalue weighted by molar-refractivity contribution is -0.165. The van der Waals surface area contributed by atoms with Gasteiger partial charge in [0.05, 0.1) is 12.5 Å². The fourth-order valence-electron chi connectivity index (χ4n) is 5.38. The lowest BCUT2D eigenvalue weighted by Gasteiger charge is -2.36. The molecule has 48 heavy (non-hydrogen) atoms. The van der Waals surface area contributed by atoms with Gasteiger partial charge >= 0.3 is 11.9 Å². The normalized spacial score (nSPS) is 15.1. The maximum absolute atomic E-state index is 13.9. The van der Waals surface area contributed by atoms with E-state index in [4.69, 9.17) is 14.2 Å². The highest BCUT2D eigenvalue weighted by Crippen LogP contribution is 2.30. The number of ether oxygens (including phenoxy) is 3. The fourth-order valence-corrected chi connectivity index (χ4v) is 5.38. The molecule has 1 N–H and O–H groups in total. The summed E-state index contributed by atoms with van der Waals surface area (Å²) in [6.07, 6.45) is 2.87. The van der Waals surface area contributed by atoms with Crippen LogP contribution in [0.4, 0.5) is 5.69 Å². The van der Waals surface area contributed by atoms with Gasteiger partial charge < -0.3 is 29.2 Å². The Kier molecular flexibility index (Phi) is 13.6. The molecule has 1 saturated heterocycles. The third-order valence-corrected chi connectivity index (χ3v) is 8.26. The first-order chi connectivity index (χ1) is 22.7. The summed E-state index contributed by atoms with van der Waals surface area (Å²) >= 11 is 0. The lowest BCUT2D eigenvalue weighted by Crippen LogP contribution is -2.53. The minimum Gasteiger partial charge on any atom is -0.496 e. The van der Waals surface area contributed by atoms with Crippen LogP contribution in [0.2, 0.25) is 0 Å². The second-order valence-electron chi connectivity index (χ2n) is 12.7. The topological polar surface area (TPSA) is 145 Å². The number of carbonyl (C=O) groups is 6. The third-order valence-electron chi connectivity index (χ3n) is 8.26. The highest BCUT2D eigenvalue weighted by Gasteiger charge is 2.42. The fraction of sp³-hybridized carbons (Fsp3) is 0.459. The number of anilines is 1. The summed E-state index contributed by atoms with van der Waals surface area (Å²) in [5, 5.41) is 2.80. The quantitative estimate of drug-likeness (QED) is 0.145. The van der Waals surface area contributed by atoms with E-state index in [0.717, 1.165) is 23.0 Å². The van der Waals surface area contributed by atoms with Crippen LogP contribution in [0.15, 0.2) is 55.1 Å². The Hall–Kier alpha value is -4.80. The molecule has 11 nitrogen and oxygen atoms in total. The summed E-state index contributed by atoms with van der Waals surface area (Å²) in [7, 11) is 1.60. The molecule has 258 valence electrons. The molecule has 1 fully saturated rings. The van der Waals surface area contributed by atoms with E-state index in [1.165, 1.54) is 25.7 Å². The van der Waals surface area contributed by atoms with Crippen molar-refractivity contribution < 1.29 is 43.0 Å². The van der Waals surface area contributed by atoms with E-state index in [0.29, 0.717) is 43.4 Å². The standard InChI is InChI=1S/C37H46N2O9/c1-7-33(42)47-23-37(4,5)34(43)35(44)39-20-9-8-13-29(39)36(45)48-30(18-17-26-16-14-24(2)31(21-26)46-6)27-11-10-12-28(22-27)38-32(41)19-15-25(3)40/h7,10-12,14,16,21-22,29-30H,1,8-9,13,15,17-20,23H2,2-6H3,(H,38,41)/t29-,30+/m0/s1. The number of piperidine rings is 1. The maximum Gasteiger partial charge on any atom is 0.330 e. The number of esters is 2. The van der Waals surface area contributed by atoms with Crippen LogP contribution in [0.5, 0.6) is 5.75 Å². The number of hydrogen-bond acceptors (Lipinski definition) is 9. The third kappa shape index (κ3) is 10.6. The molecule has 2 aromatic carbocycles. The van der Waals surface area contributed by atoms with E-state index < -0.39 is 41.2 Å². The summed E-state index contributed by atoms with van der Waals surface area (Å²) in [6, 6.07) is 11.8. The molecule has 0 saturated carbocycles. The Morgan fingerprint density at radius 2 is 1.81 bits per heavy atom. The molecule has 1 aliphatic heterocycles. The second-order valence-corrected chi connectivity index (χ2v) is 12.7. The molecule has 0 spiro atoms. The predicted molar refractivity (Wildman–Crippen MR) is 179 cm³/mol. The van der Waals surface area contributed by atoms with Crippen molar-refractivity contribution in [3.63, 3.8) is 0 Å². The molecule has 1 heterocycles. The number of benzene rings is 2. The van der Waals surface area contributed by atoms with Crippen LogP contribution >= 0.6 is 0 Å². The van der Waals surface area contributed by atoms with Crippen molar-refractivity contribution >= 4 is 41.0 Å². The van der Waals surface area contributed by atoms with Crippen molar-refractivity contribution in [1.82, 2.24) is 4.90 Å². The highest BCUT2D eigenvalue weighted by molar-refractivity contribution is 6.38. The van der Waals surface area contributed by atoms with Crippen LogP contribution in [0.3, 0.4) is 0 Å². The number of nitrogens with one attached hydrogen (secondary N) is 1. The van der Waals surface area contributed by atoms with Crippen molar-refractivity contribution in [2.45, 2.75) is 84.8 Å². The molecule has 0 aromatic heterocycles. The molecule has 0 unspecified atom stereocenters. The summed E-state index contributed by atoms with van der Waals surface area (Å²) in [4.78, 5) is 77.3. The lowest BCUT2D eigenvalue weighted by atomic mass is 9.87. The van der Waals surface area contributed by atoms with Crippen molar-refractivity contribution in [3.05, 3.63) is 71.8 Å². The summed E-state index contributed by atoms with van der Waals surface area (Å²) in [5.41, 5.74) is 1.73. The monoisotopic (exact) mass is 662 g/mol. The van der Waals surface area contributed by atoms with E-state index in [1.54, 1.807) is 31.4 Å². The number of Topliss-reactive ketones (excluding diaryl/α,β-unsaturated/α-hetero) is 2. The van der Waals surface area contributed by atoms with Gasteiger partial charge in [-0.15, -0.1) is 0 Å². The number of likely N-dealkylation sites (tertiary alicyclic amines) is 1. The number of aryl methyl sites for hydroxylation is 2. The zero-order valence-corrected chi connectivity index (χ0v) is 28.5. The number of amides is 2. The summed E-state index contributed by atoms with van der Waals surface area (Å²) in [6.45, 7) is 9.59. The van der Waals surface area contributed by atoms with Gasteiger partial charge in [0.15, 0.2) is 0 Å². The van der Waals surface area contributed by atoms with Gasteiger partial charge in [0.2, 0.25) is 11.7 Å². The summed E-state index contributed by atoms with van der Waals surface area (Å²) < 4.78 is 16.7. The molecule has 2 amide bonds. The van der Waals surface area contributed by atoms with E-state index >= 15 is 0 Å². The van der Waals surface area contributed by atoms with Crippen LogP contribution < -0.4 is 10.1 Å². The van der Waals surface area contributed by atoms with E-state index in [2.05, 4.69) is 11.9 Å². The van der Waals surface area contributed by atoms with Gasteiger partial charge in [-0.2, -0.15) is 0 Å².